The van der Waals surface area contributed by atoms with Gasteiger partial charge in [0.05, 0.1) is 12.5 Å². The van der Waals surface area contributed by atoms with Crippen molar-refractivity contribution in [3.8, 4) is 0 Å². The van der Waals surface area contributed by atoms with E-state index in [1.165, 1.54) is 11.8 Å². The van der Waals surface area contributed by atoms with Crippen molar-refractivity contribution in [1.29, 1.82) is 0 Å². The van der Waals surface area contributed by atoms with Gasteiger partial charge in [0.1, 0.15) is 18.1 Å². The first-order valence-electron chi connectivity index (χ1n) is 9.96. The lowest BCUT2D eigenvalue weighted by Gasteiger charge is -2.28. The van der Waals surface area contributed by atoms with E-state index in [1.54, 1.807) is 0 Å². The number of carbonyl (C=O) groups is 5. The van der Waals surface area contributed by atoms with Gasteiger partial charge in [0, 0.05) is 6.54 Å². The van der Waals surface area contributed by atoms with Crippen molar-refractivity contribution in [2.75, 3.05) is 13.1 Å². The lowest BCUT2D eigenvalue weighted by Crippen LogP contribution is -2.57. The summed E-state index contributed by atoms with van der Waals surface area (Å²) in [5.41, 5.74) is 16.1. The summed E-state index contributed by atoms with van der Waals surface area (Å²) in [5, 5.41) is 14.2. The molecular formula is C18H32N6O6. The van der Waals surface area contributed by atoms with Crippen LogP contribution in [0.5, 0.6) is 0 Å². The van der Waals surface area contributed by atoms with Crippen molar-refractivity contribution in [3.63, 3.8) is 0 Å². The Morgan fingerprint density at radius 1 is 1.10 bits per heavy atom. The number of likely N-dealkylation sites (tertiary alicyclic amines) is 1. The number of nitrogens with one attached hydrogen (secondary N) is 2. The normalized spacial score (nSPS) is 18.9. The molecule has 1 saturated heterocycles. The first-order valence-corrected chi connectivity index (χ1v) is 9.96. The predicted molar refractivity (Wildman–Crippen MR) is 107 cm³/mol. The summed E-state index contributed by atoms with van der Waals surface area (Å²) in [7, 11) is 0. The number of carboxylic acids is 1. The number of carboxylic acid groups (broad SMARTS) is 1. The summed E-state index contributed by atoms with van der Waals surface area (Å²) < 4.78 is 0. The molecule has 9 N–H and O–H groups in total. The van der Waals surface area contributed by atoms with Crippen LogP contribution in [-0.2, 0) is 24.0 Å². The lowest BCUT2D eigenvalue weighted by atomic mass is 10.1. The van der Waals surface area contributed by atoms with Crippen molar-refractivity contribution in [1.82, 2.24) is 15.5 Å². The molecule has 4 atom stereocenters. The smallest absolute Gasteiger partial charge is 0.326 e. The summed E-state index contributed by atoms with van der Waals surface area (Å²) in [6.45, 7) is 2.07. The SMILES string of the molecule is CC(N)C(=O)NC(CC(N)=O)C(=O)NC(CCCCN)C(=O)N1CCCC1C(=O)O. The zero-order valence-electron chi connectivity index (χ0n) is 17.1. The van der Waals surface area contributed by atoms with Gasteiger partial charge in [-0.25, -0.2) is 4.79 Å². The molecule has 170 valence electrons. The number of hydrogen-bond acceptors (Lipinski definition) is 7. The van der Waals surface area contributed by atoms with E-state index in [2.05, 4.69) is 10.6 Å². The van der Waals surface area contributed by atoms with E-state index in [0.29, 0.717) is 32.2 Å². The number of nitrogens with two attached hydrogens (primary N) is 3. The van der Waals surface area contributed by atoms with Crippen LogP contribution >= 0.6 is 0 Å². The zero-order chi connectivity index (χ0) is 22.8. The van der Waals surface area contributed by atoms with Gasteiger partial charge in [-0.3, -0.25) is 19.2 Å². The van der Waals surface area contributed by atoms with Gasteiger partial charge in [-0.05, 0) is 45.6 Å². The van der Waals surface area contributed by atoms with Crippen molar-refractivity contribution >= 4 is 29.6 Å². The van der Waals surface area contributed by atoms with Gasteiger partial charge < -0.3 is 37.8 Å². The van der Waals surface area contributed by atoms with Crippen LogP contribution in [0.25, 0.3) is 0 Å². The van der Waals surface area contributed by atoms with Crippen molar-refractivity contribution in [2.45, 2.75) is 69.6 Å². The fraction of sp³-hybridized carbons (Fsp3) is 0.722. The average molecular weight is 428 g/mol. The van der Waals surface area contributed by atoms with Gasteiger partial charge in [-0.1, -0.05) is 0 Å². The fourth-order valence-electron chi connectivity index (χ4n) is 3.22. The second-order valence-electron chi connectivity index (χ2n) is 7.39. The standard InChI is InChI=1S/C18H32N6O6/c1-10(20)15(26)23-12(9-14(21)25)16(27)22-11(5-2-3-7-19)17(28)24-8-4-6-13(24)18(29)30/h10-13H,2-9,19-20H2,1H3,(H2,21,25)(H,22,27)(H,23,26)(H,29,30). The molecule has 0 aromatic rings. The topological polar surface area (TPSA) is 211 Å². The Morgan fingerprint density at radius 2 is 1.73 bits per heavy atom. The van der Waals surface area contributed by atoms with Crippen LogP contribution < -0.4 is 27.8 Å². The van der Waals surface area contributed by atoms with E-state index in [1.807, 2.05) is 0 Å². The Bertz CT molecular complexity index is 655. The molecular weight excluding hydrogens is 396 g/mol. The molecule has 30 heavy (non-hydrogen) atoms. The number of aliphatic carboxylic acids is 1. The molecule has 0 spiro atoms. The van der Waals surface area contributed by atoms with E-state index < -0.39 is 60.2 Å². The maximum absolute atomic E-state index is 13.0. The number of nitrogens with zero attached hydrogens (tertiary/aromatic N) is 1. The molecule has 1 aliphatic rings. The minimum absolute atomic E-state index is 0.231. The summed E-state index contributed by atoms with van der Waals surface area (Å²) in [4.78, 5) is 61.6. The first kappa shape index (κ1) is 25.3. The van der Waals surface area contributed by atoms with Gasteiger partial charge in [0.15, 0.2) is 0 Å². The van der Waals surface area contributed by atoms with Crippen LogP contribution in [0.2, 0.25) is 0 Å². The molecule has 0 aliphatic carbocycles. The van der Waals surface area contributed by atoms with Crippen LogP contribution in [0.1, 0.15) is 45.4 Å². The lowest BCUT2D eigenvalue weighted by molar-refractivity contribution is -0.149. The highest BCUT2D eigenvalue weighted by Gasteiger charge is 2.38. The third-order valence-corrected chi connectivity index (χ3v) is 4.83. The number of hydrogen-bond donors (Lipinski definition) is 6. The Kier molecular flexibility index (Phi) is 10.2. The number of carbonyl (C=O) groups excluding carboxylic acids is 4. The average Bonchev–Trinajstić information content (AvgIpc) is 3.15. The highest BCUT2D eigenvalue weighted by molar-refractivity contribution is 5.96. The molecule has 0 saturated carbocycles. The maximum Gasteiger partial charge on any atom is 0.326 e. The molecule has 0 radical (unpaired) electrons. The number of primary amides is 1. The second kappa shape index (κ2) is 12.1. The van der Waals surface area contributed by atoms with E-state index >= 15 is 0 Å². The summed E-state index contributed by atoms with van der Waals surface area (Å²) in [6.07, 6.45) is 1.75. The Balaban J connectivity index is 2.98. The third-order valence-electron chi connectivity index (χ3n) is 4.83. The second-order valence-corrected chi connectivity index (χ2v) is 7.39. The van der Waals surface area contributed by atoms with E-state index in [9.17, 15) is 29.1 Å². The van der Waals surface area contributed by atoms with Crippen LogP contribution in [0.3, 0.4) is 0 Å². The third kappa shape index (κ3) is 7.59. The predicted octanol–water partition coefficient (Wildman–Crippen LogP) is -2.62. The number of rotatable bonds is 12. The molecule has 0 bridgehead atoms. The molecule has 12 nitrogen and oxygen atoms in total. The fourth-order valence-corrected chi connectivity index (χ4v) is 3.22. The van der Waals surface area contributed by atoms with Crippen LogP contribution in [0.4, 0.5) is 0 Å². The number of amides is 4. The molecule has 1 heterocycles. The molecule has 4 unspecified atom stereocenters. The Hall–Kier alpha value is -2.73. The zero-order valence-corrected chi connectivity index (χ0v) is 17.1. The summed E-state index contributed by atoms with van der Waals surface area (Å²) in [6, 6.07) is -4.20. The van der Waals surface area contributed by atoms with E-state index in [0.717, 1.165) is 0 Å². The largest absolute Gasteiger partial charge is 0.480 e. The first-order chi connectivity index (χ1) is 14.1. The van der Waals surface area contributed by atoms with Crippen molar-refractivity contribution in [3.05, 3.63) is 0 Å². The van der Waals surface area contributed by atoms with Gasteiger partial charge >= 0.3 is 5.97 Å². The van der Waals surface area contributed by atoms with Crippen LogP contribution in [-0.4, -0.2) is 76.9 Å². The van der Waals surface area contributed by atoms with Gasteiger partial charge in [0.2, 0.25) is 23.6 Å². The summed E-state index contributed by atoms with van der Waals surface area (Å²) >= 11 is 0. The molecule has 1 rings (SSSR count). The highest BCUT2D eigenvalue weighted by atomic mass is 16.4. The molecule has 1 aliphatic heterocycles. The monoisotopic (exact) mass is 428 g/mol. The molecule has 1 fully saturated rings. The molecule has 12 heteroatoms. The van der Waals surface area contributed by atoms with Crippen LogP contribution in [0, 0.1) is 0 Å². The minimum Gasteiger partial charge on any atom is -0.480 e. The van der Waals surface area contributed by atoms with E-state index in [-0.39, 0.29) is 13.0 Å². The molecule has 0 aromatic heterocycles. The quantitative estimate of drug-likeness (QED) is 0.181. The maximum atomic E-state index is 13.0. The van der Waals surface area contributed by atoms with E-state index in [4.69, 9.17) is 17.2 Å². The minimum atomic E-state index is -1.31. The molecule has 4 amide bonds. The van der Waals surface area contributed by atoms with Crippen molar-refractivity contribution < 1.29 is 29.1 Å². The van der Waals surface area contributed by atoms with Crippen LogP contribution in [0.15, 0.2) is 0 Å². The summed E-state index contributed by atoms with van der Waals surface area (Å²) in [5.74, 6) is -3.89. The van der Waals surface area contributed by atoms with Gasteiger partial charge in [-0.2, -0.15) is 0 Å². The Morgan fingerprint density at radius 3 is 2.27 bits per heavy atom. The highest BCUT2D eigenvalue weighted by Crippen LogP contribution is 2.20. The molecule has 0 aromatic carbocycles. The van der Waals surface area contributed by atoms with Gasteiger partial charge in [-0.15, -0.1) is 0 Å². The van der Waals surface area contributed by atoms with Gasteiger partial charge in [0.25, 0.3) is 0 Å². The van der Waals surface area contributed by atoms with Crippen molar-refractivity contribution in [2.24, 2.45) is 17.2 Å². The number of unbranched alkanes of at least 4 members (excludes halogenated alkanes) is 1. The Labute approximate surface area is 174 Å².